The average Bonchev–Trinajstić information content (AvgIpc) is 3.37. The predicted molar refractivity (Wildman–Crippen MR) is 198 cm³/mol. The molecule has 16 heteroatoms. The van der Waals surface area contributed by atoms with E-state index in [2.05, 4.69) is 0 Å². The van der Waals surface area contributed by atoms with Crippen LogP contribution in [0.1, 0.15) is 88.9 Å². The van der Waals surface area contributed by atoms with Crippen LogP contribution >= 0.6 is 0 Å². The largest absolute Gasteiger partial charge is 0.507 e. The van der Waals surface area contributed by atoms with Crippen molar-refractivity contribution < 1.29 is 77.2 Å². The van der Waals surface area contributed by atoms with Gasteiger partial charge in [0, 0.05) is 40.5 Å². The molecule has 312 valence electrons. The molecule has 3 N–H and O–H groups in total. The molecule has 0 amide bonds. The lowest BCUT2D eigenvalue weighted by molar-refractivity contribution is -0.352. The lowest BCUT2D eigenvalue weighted by Crippen LogP contribution is -2.79. The van der Waals surface area contributed by atoms with Crippen molar-refractivity contribution in [3.8, 4) is 11.5 Å². The second-order valence-electron chi connectivity index (χ2n) is 16.2. The van der Waals surface area contributed by atoms with Crippen molar-refractivity contribution in [2.45, 2.75) is 116 Å². The summed E-state index contributed by atoms with van der Waals surface area (Å²) in [5.74, 6) is -7.55. The fourth-order valence-electron chi connectivity index (χ4n) is 9.99. The standard InChI is InChI=1S/C42H48O16/c1-20-29(56-37(49)25-13-9-11-15-27(25)47)18-41(39(6,7)51)32(20)33(57-38(50)26-14-10-12-16-28(26)48)35(54-22(3)44)40(8)30(53-21(2)43)17-31-42(19-52-31,58-24(5)46)34(40)36(41)55-23(4)45/h9-16,29-31,33-36,47-48,51H,17-19H2,1-8H3. The molecule has 1 heterocycles. The molecule has 16 nitrogen and oxygen atoms in total. The van der Waals surface area contributed by atoms with Crippen molar-refractivity contribution in [3.05, 3.63) is 70.8 Å². The molecule has 1 aliphatic heterocycles. The van der Waals surface area contributed by atoms with Crippen LogP contribution in [-0.2, 0) is 52.3 Å². The molecule has 10 unspecified atom stereocenters. The number of phenols is 2. The number of phenolic OH excluding ortho intramolecular Hbond substituents is 2. The zero-order valence-electron chi connectivity index (χ0n) is 33.4. The van der Waals surface area contributed by atoms with Crippen molar-refractivity contribution in [2.75, 3.05) is 6.61 Å². The van der Waals surface area contributed by atoms with Gasteiger partial charge in [0.25, 0.3) is 0 Å². The number of carbonyl (C=O) groups is 6. The van der Waals surface area contributed by atoms with Gasteiger partial charge < -0.3 is 48.5 Å². The van der Waals surface area contributed by atoms with Crippen molar-refractivity contribution in [2.24, 2.45) is 16.7 Å². The highest BCUT2D eigenvalue weighted by molar-refractivity contribution is 5.93. The normalized spacial score (nSPS) is 32.5. The molecule has 0 spiro atoms. The van der Waals surface area contributed by atoms with Gasteiger partial charge in [0.2, 0.25) is 0 Å². The maximum atomic E-state index is 14.3. The summed E-state index contributed by atoms with van der Waals surface area (Å²) in [4.78, 5) is 81.1. The molecule has 4 aliphatic rings. The van der Waals surface area contributed by atoms with Crippen molar-refractivity contribution in [3.63, 3.8) is 0 Å². The highest BCUT2D eigenvalue weighted by Gasteiger charge is 2.81. The number of para-hydroxylation sites is 2. The van der Waals surface area contributed by atoms with Gasteiger partial charge in [-0.1, -0.05) is 31.2 Å². The Bertz CT molecular complexity index is 2070. The van der Waals surface area contributed by atoms with Crippen molar-refractivity contribution in [1.29, 1.82) is 0 Å². The molecule has 58 heavy (non-hydrogen) atoms. The zero-order chi connectivity index (χ0) is 42.7. The van der Waals surface area contributed by atoms with E-state index in [9.17, 15) is 44.1 Å². The van der Waals surface area contributed by atoms with Crippen LogP contribution in [0.3, 0.4) is 0 Å². The first kappa shape index (κ1) is 42.1. The van der Waals surface area contributed by atoms with E-state index < -0.39 is 106 Å². The minimum Gasteiger partial charge on any atom is -0.507 e. The third kappa shape index (κ3) is 6.75. The molecule has 3 aliphatic carbocycles. The van der Waals surface area contributed by atoms with Gasteiger partial charge in [-0.3, -0.25) is 19.2 Å². The van der Waals surface area contributed by atoms with Crippen molar-refractivity contribution >= 4 is 35.8 Å². The number of rotatable bonds is 9. The molecule has 0 radical (unpaired) electrons. The molecule has 2 aromatic carbocycles. The number of esters is 6. The van der Waals surface area contributed by atoms with Gasteiger partial charge in [-0.2, -0.15) is 0 Å². The molecule has 0 aromatic heterocycles. The van der Waals surface area contributed by atoms with Crippen LogP contribution in [0.15, 0.2) is 59.7 Å². The van der Waals surface area contributed by atoms with Gasteiger partial charge in [-0.05, 0) is 56.2 Å². The summed E-state index contributed by atoms with van der Waals surface area (Å²) in [6.07, 6.45) is -9.12. The van der Waals surface area contributed by atoms with Crippen LogP contribution in [-0.4, -0.2) is 106 Å². The van der Waals surface area contributed by atoms with Crippen LogP contribution in [0.5, 0.6) is 11.5 Å². The smallest absolute Gasteiger partial charge is 0.342 e. The Morgan fingerprint density at radius 3 is 1.72 bits per heavy atom. The SMILES string of the molecule is CC(=O)OC1CC2OCC2(OC(C)=O)C2C(OC(C)=O)C3(C(C)(C)O)CC(OC(=O)c4ccccc4O)C(C)=C3C(OC(=O)c3ccccc3O)C(OC(C)=O)C12C. The number of ether oxygens (including phenoxy) is 7. The van der Waals surface area contributed by atoms with Gasteiger partial charge in [0.15, 0.2) is 17.8 Å². The molecule has 0 bridgehead atoms. The third-order valence-corrected chi connectivity index (χ3v) is 12.3. The van der Waals surface area contributed by atoms with E-state index in [0.717, 1.165) is 20.8 Å². The minimum absolute atomic E-state index is 0.0170. The summed E-state index contributed by atoms with van der Waals surface area (Å²) < 4.78 is 43.2. The Morgan fingerprint density at radius 1 is 0.741 bits per heavy atom. The van der Waals surface area contributed by atoms with Crippen molar-refractivity contribution in [1.82, 2.24) is 0 Å². The molecular weight excluding hydrogens is 760 g/mol. The van der Waals surface area contributed by atoms with E-state index in [4.69, 9.17) is 33.2 Å². The van der Waals surface area contributed by atoms with Crippen LogP contribution in [0.25, 0.3) is 0 Å². The Labute approximate surface area is 334 Å². The van der Waals surface area contributed by atoms with Crippen LogP contribution < -0.4 is 0 Å². The number of fused-ring (bicyclic) bond motifs is 4. The Balaban J connectivity index is 1.73. The summed E-state index contributed by atoms with van der Waals surface area (Å²) in [6, 6.07) is 11.2. The summed E-state index contributed by atoms with van der Waals surface area (Å²) in [5.41, 5.74) is -7.78. The van der Waals surface area contributed by atoms with Crippen LogP contribution in [0.2, 0.25) is 0 Å². The van der Waals surface area contributed by atoms with Crippen LogP contribution in [0.4, 0.5) is 0 Å². The summed E-state index contributed by atoms with van der Waals surface area (Å²) in [5, 5.41) is 34.1. The van der Waals surface area contributed by atoms with E-state index in [0.29, 0.717) is 0 Å². The monoisotopic (exact) mass is 808 g/mol. The zero-order valence-corrected chi connectivity index (χ0v) is 33.4. The maximum absolute atomic E-state index is 14.3. The van der Waals surface area contributed by atoms with Gasteiger partial charge in [0.05, 0.1) is 29.0 Å². The van der Waals surface area contributed by atoms with E-state index in [1.807, 2.05) is 0 Å². The first-order valence-corrected chi connectivity index (χ1v) is 18.8. The molecular formula is C42H48O16. The average molecular weight is 809 g/mol. The first-order chi connectivity index (χ1) is 27.1. The van der Waals surface area contributed by atoms with E-state index in [1.54, 1.807) is 13.8 Å². The topological polar surface area (TPSA) is 228 Å². The number of carbonyl (C=O) groups excluding carboxylic acids is 6. The highest BCUT2D eigenvalue weighted by atomic mass is 16.6. The molecule has 1 saturated heterocycles. The Morgan fingerprint density at radius 2 is 1.26 bits per heavy atom. The third-order valence-electron chi connectivity index (χ3n) is 12.3. The second kappa shape index (κ2) is 15.0. The fourth-order valence-corrected chi connectivity index (χ4v) is 9.99. The lowest BCUT2D eigenvalue weighted by atomic mass is 9.49. The van der Waals surface area contributed by atoms with Gasteiger partial charge in [0.1, 0.15) is 47.0 Å². The molecule has 3 fully saturated rings. The molecule has 2 aromatic rings. The second-order valence-corrected chi connectivity index (χ2v) is 16.2. The van der Waals surface area contributed by atoms with Gasteiger partial charge in [-0.15, -0.1) is 0 Å². The maximum Gasteiger partial charge on any atom is 0.342 e. The Kier molecular flexibility index (Phi) is 10.9. The number of hydrogen-bond acceptors (Lipinski definition) is 16. The van der Waals surface area contributed by atoms with E-state index in [-0.39, 0.29) is 47.5 Å². The first-order valence-electron chi connectivity index (χ1n) is 18.8. The molecule has 10 atom stereocenters. The fraction of sp³-hybridized carbons (Fsp3) is 0.524. The van der Waals surface area contributed by atoms with Gasteiger partial charge >= 0.3 is 35.8 Å². The van der Waals surface area contributed by atoms with E-state index >= 15 is 0 Å². The molecule has 6 rings (SSSR count). The quantitative estimate of drug-likeness (QED) is 0.186. The van der Waals surface area contributed by atoms with Crippen LogP contribution in [0, 0.1) is 16.7 Å². The van der Waals surface area contributed by atoms with Gasteiger partial charge in [-0.25, -0.2) is 9.59 Å². The minimum atomic E-state index is -2.03. The summed E-state index contributed by atoms with van der Waals surface area (Å²) in [6.45, 7) is 10.2. The number of hydrogen-bond donors (Lipinski definition) is 3. The highest BCUT2D eigenvalue weighted by Crippen LogP contribution is 2.69. The Hall–Kier alpha value is -5.48. The number of aromatic hydroxyl groups is 2. The number of aliphatic hydroxyl groups is 1. The summed E-state index contributed by atoms with van der Waals surface area (Å²) >= 11 is 0. The molecule has 2 saturated carbocycles. The van der Waals surface area contributed by atoms with E-state index in [1.165, 1.54) is 69.3 Å². The number of benzene rings is 2. The lowest BCUT2D eigenvalue weighted by Gasteiger charge is -2.65. The summed E-state index contributed by atoms with van der Waals surface area (Å²) in [7, 11) is 0. The predicted octanol–water partition coefficient (Wildman–Crippen LogP) is 3.86.